The van der Waals surface area contributed by atoms with Crippen LogP contribution < -0.4 is 11.1 Å². The molecule has 3 N–H and O–H groups in total. The maximum atomic E-state index is 11.7. The molecule has 0 fully saturated rings. The summed E-state index contributed by atoms with van der Waals surface area (Å²) in [4.78, 5) is 11.7. The quantitative estimate of drug-likeness (QED) is 0.643. The van der Waals surface area contributed by atoms with Gasteiger partial charge in [-0.15, -0.1) is 0 Å². The molecule has 0 heterocycles. The van der Waals surface area contributed by atoms with E-state index in [2.05, 4.69) is 26.1 Å². The van der Waals surface area contributed by atoms with Gasteiger partial charge < -0.3 is 11.1 Å². The van der Waals surface area contributed by atoms with Gasteiger partial charge in [0, 0.05) is 6.54 Å². The van der Waals surface area contributed by atoms with E-state index in [1.165, 1.54) is 19.3 Å². The highest BCUT2D eigenvalue weighted by molar-refractivity contribution is 5.81. The summed E-state index contributed by atoms with van der Waals surface area (Å²) >= 11 is 0. The molecule has 3 heteroatoms. The number of hydrogen-bond acceptors (Lipinski definition) is 2. The Morgan fingerprint density at radius 1 is 1.29 bits per heavy atom. The monoisotopic (exact) mass is 242 g/mol. The molecule has 0 saturated carbocycles. The molecule has 0 radical (unpaired) electrons. The summed E-state index contributed by atoms with van der Waals surface area (Å²) in [7, 11) is 0. The van der Waals surface area contributed by atoms with Crippen molar-refractivity contribution in [3.63, 3.8) is 0 Å². The molecule has 0 aliphatic carbocycles. The smallest absolute Gasteiger partial charge is 0.237 e. The molecule has 0 bridgehead atoms. The summed E-state index contributed by atoms with van der Waals surface area (Å²) in [5.41, 5.74) is 5.97. The van der Waals surface area contributed by atoms with Crippen LogP contribution in [-0.4, -0.2) is 18.5 Å². The molecular formula is C14H30N2O. The van der Waals surface area contributed by atoms with Crippen molar-refractivity contribution in [3.05, 3.63) is 0 Å². The lowest BCUT2D eigenvalue weighted by Gasteiger charge is -2.26. The molecule has 17 heavy (non-hydrogen) atoms. The summed E-state index contributed by atoms with van der Waals surface area (Å²) < 4.78 is 0. The summed E-state index contributed by atoms with van der Waals surface area (Å²) in [6.45, 7) is 11.3. The van der Waals surface area contributed by atoms with Crippen molar-refractivity contribution in [1.29, 1.82) is 0 Å². The van der Waals surface area contributed by atoms with Gasteiger partial charge in [-0.1, -0.05) is 53.9 Å². The van der Waals surface area contributed by atoms with Gasteiger partial charge in [-0.3, -0.25) is 4.79 Å². The second-order valence-corrected chi connectivity index (χ2v) is 6.11. The number of carbonyl (C=O) groups excluding carboxylic acids is 1. The number of rotatable bonds is 8. The summed E-state index contributed by atoms with van der Waals surface area (Å²) in [5, 5.41) is 2.97. The normalized spacial score (nSPS) is 13.8. The van der Waals surface area contributed by atoms with Crippen LogP contribution in [0.15, 0.2) is 0 Å². The van der Waals surface area contributed by atoms with Crippen molar-refractivity contribution in [1.82, 2.24) is 5.32 Å². The first-order valence-electron chi connectivity index (χ1n) is 6.83. The fraction of sp³-hybridized carbons (Fsp3) is 0.929. The molecule has 0 aliphatic heterocycles. The standard InChI is InChI=1S/C14H30N2O/c1-6-7-8-9-14(4,5)10-16-13(17)12(15)11(2)3/h11-12H,6-10,15H2,1-5H3,(H,16,17)/t12-/m1/s1. The minimum atomic E-state index is -0.388. The SMILES string of the molecule is CCCCCC(C)(C)CNC(=O)[C@H](N)C(C)C. The van der Waals surface area contributed by atoms with E-state index in [0.29, 0.717) is 0 Å². The molecule has 3 nitrogen and oxygen atoms in total. The van der Waals surface area contributed by atoms with Crippen molar-refractivity contribution in [3.8, 4) is 0 Å². The number of unbranched alkanes of at least 4 members (excludes halogenated alkanes) is 2. The molecule has 0 aromatic carbocycles. The van der Waals surface area contributed by atoms with Crippen LogP contribution in [0.3, 0.4) is 0 Å². The van der Waals surface area contributed by atoms with E-state index in [9.17, 15) is 4.79 Å². The van der Waals surface area contributed by atoms with Crippen molar-refractivity contribution >= 4 is 5.91 Å². The fourth-order valence-electron chi connectivity index (χ4n) is 1.69. The van der Waals surface area contributed by atoms with Gasteiger partial charge in [-0.25, -0.2) is 0 Å². The lowest BCUT2D eigenvalue weighted by atomic mass is 9.86. The third kappa shape index (κ3) is 7.37. The van der Waals surface area contributed by atoms with Gasteiger partial charge >= 0.3 is 0 Å². The Bertz CT molecular complexity index is 224. The van der Waals surface area contributed by atoms with E-state index in [1.807, 2.05) is 13.8 Å². The molecule has 0 aliphatic rings. The molecule has 0 aromatic rings. The van der Waals surface area contributed by atoms with Gasteiger partial charge in [0.15, 0.2) is 0 Å². The Kier molecular flexibility index (Phi) is 7.44. The maximum absolute atomic E-state index is 11.7. The van der Waals surface area contributed by atoms with Gasteiger partial charge in [-0.2, -0.15) is 0 Å². The lowest BCUT2D eigenvalue weighted by molar-refractivity contribution is -0.123. The first-order chi connectivity index (χ1) is 7.80. The van der Waals surface area contributed by atoms with E-state index in [4.69, 9.17) is 5.73 Å². The van der Waals surface area contributed by atoms with Crippen molar-refractivity contribution in [2.24, 2.45) is 17.1 Å². The van der Waals surface area contributed by atoms with Crippen molar-refractivity contribution in [2.45, 2.75) is 66.3 Å². The zero-order valence-corrected chi connectivity index (χ0v) is 12.2. The Morgan fingerprint density at radius 3 is 2.35 bits per heavy atom. The molecule has 0 saturated heterocycles. The highest BCUT2D eigenvalue weighted by Crippen LogP contribution is 2.22. The van der Waals surface area contributed by atoms with Crippen LogP contribution in [0, 0.1) is 11.3 Å². The molecule has 0 unspecified atom stereocenters. The maximum Gasteiger partial charge on any atom is 0.237 e. The Morgan fingerprint density at radius 2 is 1.88 bits per heavy atom. The summed E-state index contributed by atoms with van der Waals surface area (Å²) in [6, 6.07) is -0.388. The number of nitrogens with two attached hydrogens (primary N) is 1. The zero-order valence-electron chi connectivity index (χ0n) is 12.2. The third-order valence-electron chi connectivity index (χ3n) is 3.22. The molecule has 0 spiro atoms. The molecular weight excluding hydrogens is 212 g/mol. The predicted molar refractivity (Wildman–Crippen MR) is 73.7 cm³/mol. The molecule has 0 rings (SSSR count). The highest BCUT2D eigenvalue weighted by Gasteiger charge is 2.21. The predicted octanol–water partition coefficient (Wildman–Crippen LogP) is 2.69. The van der Waals surface area contributed by atoms with Gasteiger partial charge in [-0.05, 0) is 17.8 Å². The van der Waals surface area contributed by atoms with E-state index in [-0.39, 0.29) is 23.3 Å². The fourth-order valence-corrected chi connectivity index (χ4v) is 1.69. The van der Waals surface area contributed by atoms with Gasteiger partial charge in [0.25, 0.3) is 0 Å². The van der Waals surface area contributed by atoms with Gasteiger partial charge in [0.1, 0.15) is 0 Å². The van der Waals surface area contributed by atoms with Crippen LogP contribution in [0.25, 0.3) is 0 Å². The number of nitrogens with one attached hydrogen (secondary N) is 1. The number of carbonyl (C=O) groups is 1. The van der Waals surface area contributed by atoms with Crippen molar-refractivity contribution < 1.29 is 4.79 Å². The summed E-state index contributed by atoms with van der Waals surface area (Å²) in [6.07, 6.45) is 4.89. The van der Waals surface area contributed by atoms with E-state index in [1.54, 1.807) is 0 Å². The van der Waals surface area contributed by atoms with Gasteiger partial charge in [0.05, 0.1) is 6.04 Å². The van der Waals surface area contributed by atoms with Crippen LogP contribution in [0.5, 0.6) is 0 Å². The first-order valence-corrected chi connectivity index (χ1v) is 6.83. The minimum Gasteiger partial charge on any atom is -0.354 e. The molecule has 0 aromatic heterocycles. The third-order valence-corrected chi connectivity index (χ3v) is 3.22. The van der Waals surface area contributed by atoms with E-state index >= 15 is 0 Å². The Balaban J connectivity index is 3.96. The van der Waals surface area contributed by atoms with Crippen molar-refractivity contribution in [2.75, 3.05) is 6.54 Å². The van der Waals surface area contributed by atoms with E-state index < -0.39 is 0 Å². The van der Waals surface area contributed by atoms with Crippen LogP contribution in [0.1, 0.15) is 60.3 Å². The second kappa shape index (κ2) is 7.70. The number of hydrogen-bond donors (Lipinski definition) is 2. The Hall–Kier alpha value is -0.570. The van der Waals surface area contributed by atoms with E-state index in [0.717, 1.165) is 13.0 Å². The average Bonchev–Trinajstić information content (AvgIpc) is 2.25. The molecule has 1 amide bonds. The largest absolute Gasteiger partial charge is 0.354 e. The second-order valence-electron chi connectivity index (χ2n) is 6.11. The van der Waals surface area contributed by atoms with Crippen LogP contribution in [0.2, 0.25) is 0 Å². The highest BCUT2D eigenvalue weighted by atomic mass is 16.2. The van der Waals surface area contributed by atoms with Gasteiger partial charge in [0.2, 0.25) is 5.91 Å². The summed E-state index contributed by atoms with van der Waals surface area (Å²) in [5.74, 6) is 0.168. The average molecular weight is 242 g/mol. The number of amides is 1. The zero-order chi connectivity index (χ0) is 13.5. The molecule has 1 atom stereocenters. The minimum absolute atomic E-state index is 0.0245. The Labute approximate surface area is 107 Å². The topological polar surface area (TPSA) is 55.1 Å². The van der Waals surface area contributed by atoms with Crippen LogP contribution in [-0.2, 0) is 4.79 Å². The first kappa shape index (κ1) is 16.4. The van der Waals surface area contributed by atoms with Crippen LogP contribution >= 0.6 is 0 Å². The lowest BCUT2D eigenvalue weighted by Crippen LogP contribution is -2.46. The molecule has 102 valence electrons. The van der Waals surface area contributed by atoms with Crippen LogP contribution in [0.4, 0.5) is 0 Å².